The molecule has 4 heteroatoms. The van der Waals surface area contributed by atoms with Gasteiger partial charge in [0, 0.05) is 12.6 Å². The van der Waals surface area contributed by atoms with Gasteiger partial charge in [-0.25, -0.2) is 4.98 Å². The third kappa shape index (κ3) is 5.54. The van der Waals surface area contributed by atoms with Gasteiger partial charge in [0.2, 0.25) is 0 Å². The fraction of sp³-hybridized carbons (Fsp3) is 0.615. The molecule has 0 aliphatic heterocycles. The summed E-state index contributed by atoms with van der Waals surface area (Å²) in [7, 11) is 4.19. The zero-order valence-electron chi connectivity index (χ0n) is 11.3. The molecule has 17 heavy (non-hydrogen) atoms. The Morgan fingerprint density at radius 2 is 2.00 bits per heavy atom. The summed E-state index contributed by atoms with van der Waals surface area (Å²) in [6, 6.07) is 6.44. The third-order valence-electron chi connectivity index (χ3n) is 2.51. The van der Waals surface area contributed by atoms with Gasteiger partial charge < -0.3 is 15.5 Å². The Kier molecular flexibility index (Phi) is 5.77. The van der Waals surface area contributed by atoms with Crippen molar-refractivity contribution in [3.05, 3.63) is 18.2 Å². The number of hydrogen-bond donors (Lipinski definition) is 2. The molecule has 1 rings (SSSR count). The number of hydrogen-bond acceptors (Lipinski definition) is 4. The van der Waals surface area contributed by atoms with Crippen molar-refractivity contribution in [2.45, 2.75) is 26.3 Å². The number of rotatable bonds is 7. The van der Waals surface area contributed by atoms with Crippen LogP contribution in [0.3, 0.4) is 0 Å². The Morgan fingerprint density at radius 1 is 1.29 bits per heavy atom. The Labute approximate surface area is 104 Å². The van der Waals surface area contributed by atoms with E-state index in [1.54, 1.807) is 0 Å². The van der Waals surface area contributed by atoms with Crippen molar-refractivity contribution in [2.75, 3.05) is 37.8 Å². The summed E-state index contributed by atoms with van der Waals surface area (Å²) in [6.07, 6.45) is 1.11. The summed E-state index contributed by atoms with van der Waals surface area (Å²) in [5.41, 5.74) is 0. The van der Waals surface area contributed by atoms with E-state index in [2.05, 4.69) is 48.5 Å². The molecule has 0 aliphatic carbocycles. The minimum Gasteiger partial charge on any atom is -0.370 e. The Bertz CT molecular complexity index is 325. The van der Waals surface area contributed by atoms with Gasteiger partial charge in [0.15, 0.2) is 0 Å². The maximum absolute atomic E-state index is 4.49. The van der Waals surface area contributed by atoms with Gasteiger partial charge in [-0.1, -0.05) is 6.07 Å². The van der Waals surface area contributed by atoms with Crippen LogP contribution in [0.15, 0.2) is 18.2 Å². The third-order valence-corrected chi connectivity index (χ3v) is 2.51. The highest BCUT2D eigenvalue weighted by molar-refractivity contribution is 5.45. The molecule has 1 atom stereocenters. The molecule has 1 aromatic heterocycles. The van der Waals surface area contributed by atoms with Crippen molar-refractivity contribution in [3.63, 3.8) is 0 Å². The van der Waals surface area contributed by atoms with Crippen LogP contribution in [0.4, 0.5) is 11.6 Å². The number of nitrogens with zero attached hydrogens (tertiary/aromatic N) is 2. The molecule has 0 radical (unpaired) electrons. The van der Waals surface area contributed by atoms with E-state index in [9.17, 15) is 0 Å². The van der Waals surface area contributed by atoms with Crippen molar-refractivity contribution in [3.8, 4) is 0 Å². The molecular weight excluding hydrogens is 212 g/mol. The summed E-state index contributed by atoms with van der Waals surface area (Å²) in [5.74, 6) is 1.87. The normalized spacial score (nSPS) is 12.5. The molecule has 96 valence electrons. The van der Waals surface area contributed by atoms with E-state index in [4.69, 9.17) is 0 Å². The molecule has 0 aromatic carbocycles. The standard InChI is InChI=1S/C13H24N4/c1-5-14-12-7-6-8-13(16-12)15-11(2)9-10-17(3)4/h6-8,11H,5,9-10H2,1-4H3,(H2,14,15,16). The molecule has 0 saturated heterocycles. The Hall–Kier alpha value is -1.29. The van der Waals surface area contributed by atoms with E-state index in [0.29, 0.717) is 6.04 Å². The molecule has 2 N–H and O–H groups in total. The highest BCUT2D eigenvalue weighted by atomic mass is 15.1. The molecule has 0 amide bonds. The topological polar surface area (TPSA) is 40.2 Å². The van der Waals surface area contributed by atoms with Crippen LogP contribution in [-0.4, -0.2) is 43.1 Å². The maximum atomic E-state index is 4.49. The van der Waals surface area contributed by atoms with Crippen molar-refractivity contribution in [1.82, 2.24) is 9.88 Å². The second-order valence-electron chi connectivity index (χ2n) is 4.58. The highest BCUT2D eigenvalue weighted by Crippen LogP contribution is 2.11. The fourth-order valence-corrected chi connectivity index (χ4v) is 1.57. The van der Waals surface area contributed by atoms with E-state index < -0.39 is 0 Å². The Balaban J connectivity index is 2.46. The van der Waals surface area contributed by atoms with E-state index in [1.807, 2.05) is 18.2 Å². The molecule has 0 fully saturated rings. The van der Waals surface area contributed by atoms with E-state index in [0.717, 1.165) is 31.1 Å². The van der Waals surface area contributed by atoms with Crippen LogP contribution in [0.1, 0.15) is 20.3 Å². The first kappa shape index (κ1) is 13.8. The van der Waals surface area contributed by atoms with Crippen molar-refractivity contribution in [2.24, 2.45) is 0 Å². The van der Waals surface area contributed by atoms with Crippen LogP contribution in [0.25, 0.3) is 0 Å². The monoisotopic (exact) mass is 236 g/mol. The quantitative estimate of drug-likeness (QED) is 0.762. The zero-order chi connectivity index (χ0) is 12.7. The lowest BCUT2D eigenvalue weighted by Gasteiger charge is -2.17. The SMILES string of the molecule is CCNc1cccc(NC(C)CCN(C)C)n1. The number of nitrogens with one attached hydrogen (secondary N) is 2. The Morgan fingerprint density at radius 3 is 2.65 bits per heavy atom. The largest absolute Gasteiger partial charge is 0.370 e. The number of anilines is 2. The minimum atomic E-state index is 0.432. The van der Waals surface area contributed by atoms with Gasteiger partial charge in [-0.15, -0.1) is 0 Å². The van der Waals surface area contributed by atoms with E-state index >= 15 is 0 Å². The molecule has 1 unspecified atom stereocenters. The van der Waals surface area contributed by atoms with Crippen molar-refractivity contribution in [1.29, 1.82) is 0 Å². The summed E-state index contributed by atoms with van der Waals surface area (Å²) in [5, 5.41) is 6.63. The minimum absolute atomic E-state index is 0.432. The van der Waals surface area contributed by atoms with Crippen molar-refractivity contribution < 1.29 is 0 Å². The number of aromatic nitrogens is 1. The van der Waals surface area contributed by atoms with Gasteiger partial charge in [0.05, 0.1) is 0 Å². The maximum Gasteiger partial charge on any atom is 0.128 e. The molecule has 0 spiro atoms. The molecule has 1 heterocycles. The van der Waals surface area contributed by atoms with Gasteiger partial charge in [-0.2, -0.15) is 0 Å². The second-order valence-corrected chi connectivity index (χ2v) is 4.58. The number of pyridine rings is 1. The summed E-state index contributed by atoms with van der Waals surface area (Å²) >= 11 is 0. The van der Waals surface area contributed by atoms with Crippen molar-refractivity contribution >= 4 is 11.6 Å². The smallest absolute Gasteiger partial charge is 0.128 e. The molecule has 0 saturated carbocycles. The van der Waals surface area contributed by atoms with Gasteiger partial charge in [-0.3, -0.25) is 0 Å². The molecule has 4 nitrogen and oxygen atoms in total. The van der Waals surface area contributed by atoms with Crippen LogP contribution < -0.4 is 10.6 Å². The lowest BCUT2D eigenvalue weighted by Crippen LogP contribution is -2.23. The molecule has 1 aromatic rings. The van der Waals surface area contributed by atoms with Gasteiger partial charge in [-0.05, 0) is 53.0 Å². The molecule has 0 aliphatic rings. The zero-order valence-corrected chi connectivity index (χ0v) is 11.3. The lowest BCUT2D eigenvalue weighted by atomic mass is 10.2. The second kappa shape index (κ2) is 7.12. The first-order valence-corrected chi connectivity index (χ1v) is 6.24. The van der Waals surface area contributed by atoms with E-state index in [1.165, 1.54) is 0 Å². The van der Waals surface area contributed by atoms with Gasteiger partial charge >= 0.3 is 0 Å². The first-order valence-electron chi connectivity index (χ1n) is 6.24. The van der Waals surface area contributed by atoms with Crippen LogP contribution in [-0.2, 0) is 0 Å². The lowest BCUT2D eigenvalue weighted by molar-refractivity contribution is 0.390. The highest BCUT2D eigenvalue weighted by Gasteiger charge is 2.04. The summed E-state index contributed by atoms with van der Waals surface area (Å²) in [4.78, 5) is 6.69. The van der Waals surface area contributed by atoms with Crippen LogP contribution in [0, 0.1) is 0 Å². The van der Waals surface area contributed by atoms with Gasteiger partial charge in [0.25, 0.3) is 0 Å². The predicted octanol–water partition coefficient (Wildman–Crippen LogP) is 2.27. The van der Waals surface area contributed by atoms with Crippen LogP contribution in [0.2, 0.25) is 0 Å². The molecular formula is C13H24N4. The van der Waals surface area contributed by atoms with Crippen LogP contribution in [0.5, 0.6) is 0 Å². The van der Waals surface area contributed by atoms with Gasteiger partial charge in [0.1, 0.15) is 11.6 Å². The average molecular weight is 236 g/mol. The van der Waals surface area contributed by atoms with Crippen LogP contribution >= 0.6 is 0 Å². The molecule has 0 bridgehead atoms. The average Bonchev–Trinajstić information content (AvgIpc) is 2.27. The first-order chi connectivity index (χ1) is 8.11. The fourth-order valence-electron chi connectivity index (χ4n) is 1.57. The predicted molar refractivity (Wildman–Crippen MR) is 74.7 cm³/mol. The van der Waals surface area contributed by atoms with E-state index in [-0.39, 0.29) is 0 Å². The summed E-state index contributed by atoms with van der Waals surface area (Å²) < 4.78 is 0. The summed E-state index contributed by atoms with van der Waals surface area (Å²) in [6.45, 7) is 6.24.